The van der Waals surface area contributed by atoms with E-state index in [4.69, 9.17) is 16.3 Å². The van der Waals surface area contributed by atoms with Gasteiger partial charge in [0.25, 0.3) is 0 Å². The molecular weight excluding hydrogens is 342 g/mol. The van der Waals surface area contributed by atoms with E-state index < -0.39 is 0 Å². The van der Waals surface area contributed by atoms with Gasteiger partial charge < -0.3 is 10.1 Å². The van der Waals surface area contributed by atoms with E-state index in [-0.39, 0.29) is 17.4 Å². The summed E-state index contributed by atoms with van der Waals surface area (Å²) in [6.45, 7) is 0.592. The first kappa shape index (κ1) is 14.4. The van der Waals surface area contributed by atoms with Crippen molar-refractivity contribution in [2.75, 3.05) is 17.8 Å². The third kappa shape index (κ3) is 2.38. The number of benzene rings is 1. The van der Waals surface area contributed by atoms with Crippen molar-refractivity contribution < 1.29 is 9.53 Å². The van der Waals surface area contributed by atoms with Crippen molar-refractivity contribution >= 4 is 39.1 Å². The number of fused-ring (bicyclic) bond motifs is 2. The van der Waals surface area contributed by atoms with Crippen molar-refractivity contribution in [3.63, 3.8) is 0 Å². The molecule has 0 saturated heterocycles. The van der Waals surface area contributed by atoms with E-state index in [1.807, 2.05) is 12.1 Å². The average Bonchev–Trinajstić information content (AvgIpc) is 2.70. The zero-order chi connectivity index (χ0) is 14.2. The van der Waals surface area contributed by atoms with Crippen molar-refractivity contribution in [3.05, 3.63) is 28.2 Å². The Labute approximate surface area is 132 Å². The predicted molar refractivity (Wildman–Crippen MR) is 83.4 cm³/mol. The molecule has 2 aliphatic rings. The minimum Gasteiger partial charge on any atom is -0.377 e. The van der Waals surface area contributed by atoms with Gasteiger partial charge in [-0.3, -0.25) is 4.79 Å². The highest BCUT2D eigenvalue weighted by atomic mass is 79.9. The number of nitrogens with one attached hydrogen (secondary N) is 1. The number of hydrogen-bond donors (Lipinski definition) is 1. The van der Waals surface area contributed by atoms with E-state index in [0.29, 0.717) is 12.5 Å². The first-order valence-corrected chi connectivity index (χ1v) is 8.27. The van der Waals surface area contributed by atoms with Crippen LogP contribution in [0.1, 0.15) is 31.2 Å². The van der Waals surface area contributed by atoms with Crippen LogP contribution >= 0.6 is 27.5 Å². The van der Waals surface area contributed by atoms with Crippen LogP contribution in [0.5, 0.6) is 0 Å². The predicted octanol–water partition coefficient (Wildman–Crippen LogP) is 3.84. The Morgan fingerprint density at radius 2 is 2.15 bits per heavy atom. The summed E-state index contributed by atoms with van der Waals surface area (Å²) in [5, 5.41) is 3.03. The van der Waals surface area contributed by atoms with Gasteiger partial charge in [0.1, 0.15) is 0 Å². The second kappa shape index (κ2) is 5.66. The number of amides is 1. The molecule has 1 amide bonds. The zero-order valence-corrected chi connectivity index (χ0v) is 13.5. The third-order valence-electron chi connectivity index (χ3n) is 4.40. The van der Waals surface area contributed by atoms with E-state index in [9.17, 15) is 4.79 Å². The molecule has 0 atom stereocenters. The molecule has 1 aliphatic heterocycles. The molecule has 5 heteroatoms. The minimum atomic E-state index is -0.350. The van der Waals surface area contributed by atoms with E-state index in [0.717, 1.165) is 41.4 Å². The van der Waals surface area contributed by atoms with Crippen molar-refractivity contribution in [2.24, 2.45) is 0 Å². The lowest BCUT2D eigenvalue weighted by Gasteiger charge is -2.35. The fraction of sp³-hybridized carbons (Fsp3) is 0.533. The van der Waals surface area contributed by atoms with Crippen molar-refractivity contribution in [1.29, 1.82) is 0 Å². The van der Waals surface area contributed by atoms with Crippen LogP contribution in [0.3, 0.4) is 0 Å². The summed E-state index contributed by atoms with van der Waals surface area (Å²) in [6, 6.07) is 6.06. The number of carbonyl (C=O) groups is 1. The molecule has 1 saturated carbocycles. The summed E-state index contributed by atoms with van der Waals surface area (Å²) < 4.78 is 6.70. The second-order valence-corrected chi connectivity index (χ2v) is 6.78. The van der Waals surface area contributed by atoms with Gasteiger partial charge in [-0.15, -0.1) is 11.6 Å². The minimum absolute atomic E-state index is 0.140. The number of ether oxygens (including phenoxy) is 1. The molecule has 0 aromatic heterocycles. The van der Waals surface area contributed by atoms with Gasteiger partial charge in [0.15, 0.2) is 0 Å². The molecule has 1 aromatic carbocycles. The van der Waals surface area contributed by atoms with E-state index in [1.165, 1.54) is 0 Å². The molecule has 1 spiro atoms. The molecule has 1 heterocycles. The molecule has 3 rings (SSSR count). The first-order valence-electron chi connectivity index (χ1n) is 6.95. The highest BCUT2D eigenvalue weighted by Crippen LogP contribution is 2.48. The molecule has 1 aromatic rings. The van der Waals surface area contributed by atoms with Crippen LogP contribution in [0.4, 0.5) is 5.69 Å². The standard InChI is InChI=1S/C15H17BrClNO2/c16-10-1-2-12-13(9-10)18-14(19)15(12)5-3-11(4-6-15)20-8-7-17/h1-2,9,11H,3-8H2,(H,18,19). The maximum Gasteiger partial charge on any atom is 0.235 e. The molecule has 1 fully saturated rings. The number of halogens is 2. The summed E-state index contributed by atoms with van der Waals surface area (Å²) in [6.07, 6.45) is 3.77. The van der Waals surface area contributed by atoms with Crippen molar-refractivity contribution in [1.82, 2.24) is 0 Å². The quantitative estimate of drug-likeness (QED) is 0.834. The van der Waals surface area contributed by atoms with Gasteiger partial charge in [-0.25, -0.2) is 0 Å². The smallest absolute Gasteiger partial charge is 0.235 e. The number of hydrogen-bond acceptors (Lipinski definition) is 2. The fourth-order valence-corrected chi connectivity index (χ4v) is 3.81. The Morgan fingerprint density at radius 3 is 2.85 bits per heavy atom. The molecule has 0 unspecified atom stereocenters. The first-order chi connectivity index (χ1) is 9.65. The third-order valence-corrected chi connectivity index (χ3v) is 5.04. The second-order valence-electron chi connectivity index (χ2n) is 5.49. The van der Waals surface area contributed by atoms with Gasteiger partial charge in [-0.05, 0) is 43.4 Å². The van der Waals surface area contributed by atoms with Crippen molar-refractivity contribution in [2.45, 2.75) is 37.2 Å². The summed E-state index contributed by atoms with van der Waals surface area (Å²) in [5.74, 6) is 0.667. The Hall–Kier alpha value is -0.580. The lowest BCUT2D eigenvalue weighted by molar-refractivity contribution is -0.123. The lowest BCUT2D eigenvalue weighted by atomic mass is 9.69. The Kier molecular flexibility index (Phi) is 4.07. The molecule has 3 nitrogen and oxygen atoms in total. The van der Waals surface area contributed by atoms with Gasteiger partial charge in [0.2, 0.25) is 5.91 Å². The fourth-order valence-electron chi connectivity index (χ4n) is 3.36. The summed E-state index contributed by atoms with van der Waals surface area (Å²) >= 11 is 9.10. The number of rotatable bonds is 3. The van der Waals surface area contributed by atoms with E-state index >= 15 is 0 Å². The van der Waals surface area contributed by atoms with E-state index in [2.05, 4.69) is 27.3 Å². The van der Waals surface area contributed by atoms with Gasteiger partial charge >= 0.3 is 0 Å². The van der Waals surface area contributed by atoms with Crippen molar-refractivity contribution in [3.8, 4) is 0 Å². The molecule has 20 heavy (non-hydrogen) atoms. The molecule has 108 valence electrons. The Bertz CT molecular complexity index is 527. The van der Waals surface area contributed by atoms with Gasteiger partial charge in [0.05, 0.1) is 18.1 Å². The number of carbonyl (C=O) groups excluding carboxylic acids is 1. The van der Waals surface area contributed by atoms with Crippen LogP contribution in [0.2, 0.25) is 0 Å². The molecular formula is C15H17BrClNO2. The average molecular weight is 359 g/mol. The molecule has 0 bridgehead atoms. The number of alkyl halides is 1. The van der Waals surface area contributed by atoms with Gasteiger partial charge in [-0.1, -0.05) is 22.0 Å². The highest BCUT2D eigenvalue weighted by molar-refractivity contribution is 9.10. The largest absolute Gasteiger partial charge is 0.377 e. The maximum atomic E-state index is 12.5. The summed E-state index contributed by atoms with van der Waals surface area (Å²) in [7, 11) is 0. The topological polar surface area (TPSA) is 38.3 Å². The molecule has 1 aliphatic carbocycles. The zero-order valence-electron chi connectivity index (χ0n) is 11.1. The maximum absolute atomic E-state index is 12.5. The highest BCUT2D eigenvalue weighted by Gasteiger charge is 2.48. The molecule has 1 N–H and O–H groups in total. The van der Waals surface area contributed by atoms with Crippen LogP contribution in [-0.2, 0) is 14.9 Å². The summed E-state index contributed by atoms with van der Waals surface area (Å²) in [4.78, 5) is 12.5. The Morgan fingerprint density at radius 1 is 1.40 bits per heavy atom. The lowest BCUT2D eigenvalue weighted by Crippen LogP contribution is -2.40. The van der Waals surface area contributed by atoms with E-state index in [1.54, 1.807) is 0 Å². The normalized spacial score (nSPS) is 28.5. The monoisotopic (exact) mass is 357 g/mol. The van der Waals surface area contributed by atoms with Gasteiger partial charge in [-0.2, -0.15) is 0 Å². The SMILES string of the molecule is O=C1Nc2cc(Br)ccc2C12CCC(OCCCl)CC2. The van der Waals surface area contributed by atoms with Gasteiger partial charge in [0, 0.05) is 16.0 Å². The number of anilines is 1. The van der Waals surface area contributed by atoms with Crippen LogP contribution in [0, 0.1) is 0 Å². The van der Waals surface area contributed by atoms with Crippen LogP contribution in [0.25, 0.3) is 0 Å². The Balaban J connectivity index is 1.80. The van der Waals surface area contributed by atoms with Crippen LogP contribution in [-0.4, -0.2) is 24.5 Å². The summed E-state index contributed by atoms with van der Waals surface area (Å²) in [5.41, 5.74) is 1.74. The van der Waals surface area contributed by atoms with Crippen LogP contribution in [0.15, 0.2) is 22.7 Å². The van der Waals surface area contributed by atoms with Crippen LogP contribution < -0.4 is 5.32 Å². The molecule has 0 radical (unpaired) electrons.